The Hall–Kier alpha value is -4.04. The molecule has 1 aromatic heterocycles. The minimum Gasteiger partial charge on any atom is -0.493 e. The molecular weight excluding hydrogens is 446 g/mol. The van der Waals surface area contributed by atoms with Gasteiger partial charge in [-0.1, -0.05) is 28.9 Å². The van der Waals surface area contributed by atoms with Gasteiger partial charge in [-0.15, -0.1) is 0 Å². The third-order valence-electron chi connectivity index (χ3n) is 4.85. The van der Waals surface area contributed by atoms with Gasteiger partial charge in [0.25, 0.3) is 11.8 Å². The van der Waals surface area contributed by atoms with Crippen molar-refractivity contribution in [1.29, 1.82) is 0 Å². The first-order valence-corrected chi connectivity index (χ1v) is 10.2. The van der Waals surface area contributed by atoms with Crippen molar-refractivity contribution in [2.45, 2.75) is 0 Å². The van der Waals surface area contributed by atoms with E-state index in [9.17, 15) is 4.79 Å². The summed E-state index contributed by atoms with van der Waals surface area (Å²) in [4.78, 5) is 17.6. The van der Waals surface area contributed by atoms with Crippen molar-refractivity contribution in [2.24, 2.45) is 0 Å². The summed E-state index contributed by atoms with van der Waals surface area (Å²) in [7, 11) is 4.52. The summed E-state index contributed by atoms with van der Waals surface area (Å²) in [5.74, 6) is 1.51. The number of carbonyl (C=O) groups is 1. The summed E-state index contributed by atoms with van der Waals surface area (Å²) in [5, 5.41) is 7.50. The number of rotatable bonds is 7. The predicted octanol–water partition coefficient (Wildman–Crippen LogP) is 5.34. The van der Waals surface area contributed by atoms with Gasteiger partial charge in [-0.05, 0) is 36.4 Å². The van der Waals surface area contributed by atoms with E-state index in [0.717, 1.165) is 5.56 Å². The maximum atomic E-state index is 13.1. The van der Waals surface area contributed by atoms with Crippen molar-refractivity contribution in [3.05, 3.63) is 71.2 Å². The van der Waals surface area contributed by atoms with E-state index < -0.39 is 0 Å². The SMILES string of the molecule is COc1cc(NC(=O)c2ccccc2-c2nc(-c3ccc(Cl)cc3)no2)cc(OC)c1OC. The third kappa shape index (κ3) is 4.61. The molecule has 0 unspecified atom stereocenters. The molecule has 0 radical (unpaired) electrons. The molecule has 1 N–H and O–H groups in total. The molecule has 4 rings (SSSR count). The van der Waals surface area contributed by atoms with Crippen molar-refractivity contribution in [3.63, 3.8) is 0 Å². The quantitative estimate of drug-likeness (QED) is 0.393. The van der Waals surface area contributed by atoms with E-state index in [1.165, 1.54) is 21.3 Å². The summed E-state index contributed by atoms with van der Waals surface area (Å²) < 4.78 is 21.5. The molecule has 8 nitrogen and oxygen atoms in total. The Morgan fingerprint density at radius 3 is 2.24 bits per heavy atom. The number of hydrogen-bond acceptors (Lipinski definition) is 7. The summed E-state index contributed by atoms with van der Waals surface area (Å²) in [6, 6.07) is 17.3. The summed E-state index contributed by atoms with van der Waals surface area (Å²) in [5.41, 5.74) is 2.07. The zero-order valence-corrected chi connectivity index (χ0v) is 18.8. The number of benzene rings is 3. The van der Waals surface area contributed by atoms with Gasteiger partial charge in [0.2, 0.25) is 11.6 Å². The van der Waals surface area contributed by atoms with E-state index in [2.05, 4.69) is 15.5 Å². The highest BCUT2D eigenvalue weighted by Crippen LogP contribution is 2.40. The fraction of sp³-hybridized carbons (Fsp3) is 0.125. The molecule has 0 aliphatic carbocycles. The number of ether oxygens (including phenoxy) is 3. The molecule has 0 atom stereocenters. The van der Waals surface area contributed by atoms with Crippen LogP contribution in [0.5, 0.6) is 17.2 Å². The number of halogens is 1. The molecule has 0 bridgehead atoms. The first-order valence-electron chi connectivity index (χ1n) is 9.84. The van der Waals surface area contributed by atoms with Gasteiger partial charge in [-0.25, -0.2) is 0 Å². The zero-order chi connectivity index (χ0) is 23.4. The average molecular weight is 466 g/mol. The zero-order valence-electron chi connectivity index (χ0n) is 18.1. The molecule has 0 fully saturated rings. The number of hydrogen-bond donors (Lipinski definition) is 1. The van der Waals surface area contributed by atoms with Crippen LogP contribution in [0.2, 0.25) is 5.02 Å². The molecule has 0 saturated heterocycles. The van der Waals surface area contributed by atoms with Gasteiger partial charge in [-0.2, -0.15) is 4.98 Å². The Kier molecular flexibility index (Phi) is 6.46. The Bertz CT molecular complexity index is 1260. The molecule has 3 aromatic carbocycles. The highest BCUT2D eigenvalue weighted by Gasteiger charge is 2.20. The normalized spacial score (nSPS) is 10.5. The van der Waals surface area contributed by atoms with E-state index in [1.54, 1.807) is 60.7 Å². The fourth-order valence-electron chi connectivity index (χ4n) is 3.27. The lowest BCUT2D eigenvalue weighted by atomic mass is 10.1. The van der Waals surface area contributed by atoms with Crippen LogP contribution < -0.4 is 19.5 Å². The monoisotopic (exact) mass is 465 g/mol. The summed E-state index contributed by atoms with van der Waals surface area (Å²) >= 11 is 5.95. The standard InChI is InChI=1S/C24H20ClN3O5/c1-30-19-12-16(13-20(31-2)21(19)32-3)26-23(29)17-6-4-5-7-18(17)24-27-22(28-33-24)14-8-10-15(25)11-9-14/h4-13H,1-3H3,(H,26,29). The first kappa shape index (κ1) is 22.2. The van der Waals surface area contributed by atoms with Crippen LogP contribution in [0.1, 0.15) is 10.4 Å². The van der Waals surface area contributed by atoms with Crippen LogP contribution in [0.25, 0.3) is 22.8 Å². The van der Waals surface area contributed by atoms with Gasteiger partial charge < -0.3 is 24.1 Å². The first-order chi connectivity index (χ1) is 16.0. The molecule has 168 valence electrons. The van der Waals surface area contributed by atoms with Crippen LogP contribution in [0.4, 0.5) is 5.69 Å². The van der Waals surface area contributed by atoms with E-state index in [0.29, 0.717) is 44.9 Å². The molecule has 0 saturated carbocycles. The van der Waals surface area contributed by atoms with Gasteiger partial charge in [0, 0.05) is 28.4 Å². The van der Waals surface area contributed by atoms with Crippen LogP contribution in [0.3, 0.4) is 0 Å². The van der Waals surface area contributed by atoms with Crippen molar-refractivity contribution in [2.75, 3.05) is 26.6 Å². The smallest absolute Gasteiger partial charge is 0.259 e. The van der Waals surface area contributed by atoms with Crippen LogP contribution >= 0.6 is 11.6 Å². The number of methoxy groups -OCH3 is 3. The Balaban J connectivity index is 1.65. The van der Waals surface area contributed by atoms with Crippen LogP contribution in [-0.2, 0) is 0 Å². The number of amides is 1. The van der Waals surface area contributed by atoms with Crippen LogP contribution in [0.15, 0.2) is 65.2 Å². The molecule has 0 aliphatic heterocycles. The number of aromatic nitrogens is 2. The average Bonchev–Trinajstić information content (AvgIpc) is 3.34. The summed E-state index contributed by atoms with van der Waals surface area (Å²) in [6.07, 6.45) is 0. The molecular formula is C24H20ClN3O5. The minimum atomic E-state index is -0.369. The third-order valence-corrected chi connectivity index (χ3v) is 5.11. The van der Waals surface area contributed by atoms with Crippen molar-refractivity contribution < 1.29 is 23.5 Å². The van der Waals surface area contributed by atoms with Gasteiger partial charge >= 0.3 is 0 Å². The second-order valence-corrected chi connectivity index (χ2v) is 7.28. The van der Waals surface area contributed by atoms with Gasteiger partial charge in [0.1, 0.15) is 0 Å². The number of anilines is 1. The number of nitrogens with zero attached hydrogens (tertiary/aromatic N) is 2. The predicted molar refractivity (Wildman–Crippen MR) is 124 cm³/mol. The lowest BCUT2D eigenvalue weighted by molar-refractivity contribution is 0.102. The van der Waals surface area contributed by atoms with Gasteiger partial charge in [0.05, 0.1) is 32.5 Å². The van der Waals surface area contributed by atoms with Crippen LogP contribution in [-0.4, -0.2) is 37.4 Å². The molecule has 1 amide bonds. The molecule has 0 spiro atoms. The maximum Gasteiger partial charge on any atom is 0.259 e. The van der Waals surface area contributed by atoms with Crippen molar-refractivity contribution in [1.82, 2.24) is 10.1 Å². The van der Waals surface area contributed by atoms with Crippen LogP contribution in [0, 0.1) is 0 Å². The van der Waals surface area contributed by atoms with E-state index in [4.69, 9.17) is 30.3 Å². The molecule has 1 heterocycles. The maximum absolute atomic E-state index is 13.1. The highest BCUT2D eigenvalue weighted by atomic mass is 35.5. The number of carbonyl (C=O) groups excluding carboxylic acids is 1. The molecule has 4 aromatic rings. The summed E-state index contributed by atoms with van der Waals surface area (Å²) in [6.45, 7) is 0. The van der Waals surface area contributed by atoms with Crippen molar-refractivity contribution in [3.8, 4) is 40.1 Å². The Morgan fingerprint density at radius 2 is 1.61 bits per heavy atom. The lowest BCUT2D eigenvalue weighted by Crippen LogP contribution is -2.13. The van der Waals surface area contributed by atoms with E-state index in [-0.39, 0.29) is 11.8 Å². The molecule has 9 heteroatoms. The number of nitrogens with one attached hydrogen (secondary N) is 1. The van der Waals surface area contributed by atoms with E-state index in [1.807, 2.05) is 0 Å². The second-order valence-electron chi connectivity index (χ2n) is 6.84. The lowest BCUT2D eigenvalue weighted by Gasteiger charge is -2.15. The molecule has 0 aliphatic rings. The minimum absolute atomic E-state index is 0.218. The van der Waals surface area contributed by atoms with Gasteiger partial charge in [-0.3, -0.25) is 4.79 Å². The largest absolute Gasteiger partial charge is 0.493 e. The van der Waals surface area contributed by atoms with Gasteiger partial charge in [0.15, 0.2) is 11.5 Å². The Labute approximate surface area is 195 Å². The van der Waals surface area contributed by atoms with Crippen molar-refractivity contribution >= 4 is 23.2 Å². The Morgan fingerprint density at radius 1 is 0.939 bits per heavy atom. The fourth-order valence-corrected chi connectivity index (χ4v) is 3.39. The topological polar surface area (TPSA) is 95.7 Å². The molecule has 33 heavy (non-hydrogen) atoms. The van der Waals surface area contributed by atoms with E-state index >= 15 is 0 Å². The highest BCUT2D eigenvalue weighted by molar-refractivity contribution is 6.30. The second kappa shape index (κ2) is 9.62.